The van der Waals surface area contributed by atoms with Gasteiger partial charge in [-0.15, -0.1) is 6.42 Å². The van der Waals surface area contributed by atoms with Crippen molar-refractivity contribution >= 4 is 34.5 Å². The maximum atomic E-state index is 12.2. The summed E-state index contributed by atoms with van der Waals surface area (Å²) in [5.41, 5.74) is 2.45. The third kappa shape index (κ3) is 3.68. The quantitative estimate of drug-likeness (QED) is 0.604. The van der Waals surface area contributed by atoms with E-state index < -0.39 is 5.97 Å². The molecular formula is C19H14ClN3O3. The molecule has 3 N–H and O–H groups in total. The largest absolute Gasteiger partial charge is 0.478 e. The lowest BCUT2D eigenvalue weighted by molar-refractivity contribution is 0.0696. The van der Waals surface area contributed by atoms with E-state index in [-0.39, 0.29) is 11.5 Å². The van der Waals surface area contributed by atoms with Crippen molar-refractivity contribution in [2.75, 3.05) is 6.54 Å². The molecule has 0 radical (unpaired) electrons. The number of aromatic nitrogens is 2. The minimum Gasteiger partial charge on any atom is -0.478 e. The van der Waals surface area contributed by atoms with E-state index in [9.17, 15) is 9.59 Å². The van der Waals surface area contributed by atoms with Crippen LogP contribution in [0.1, 0.15) is 32.1 Å². The molecule has 0 saturated heterocycles. The lowest BCUT2D eigenvalue weighted by atomic mass is 10.1. The molecule has 1 heterocycles. The maximum absolute atomic E-state index is 12.2. The van der Waals surface area contributed by atoms with E-state index in [4.69, 9.17) is 23.1 Å². The number of aromatic amines is 1. The van der Waals surface area contributed by atoms with E-state index in [1.807, 2.05) is 0 Å². The second-order valence-electron chi connectivity index (χ2n) is 5.57. The maximum Gasteiger partial charge on any atom is 0.335 e. The summed E-state index contributed by atoms with van der Waals surface area (Å²) in [7, 11) is 0. The zero-order chi connectivity index (χ0) is 18.7. The molecule has 7 heteroatoms. The minimum absolute atomic E-state index is 0.177. The Hall–Kier alpha value is -3.30. The summed E-state index contributed by atoms with van der Waals surface area (Å²) in [5, 5.41) is 12.1. The SMILES string of the molecule is C#Cc1ccc(C(=O)NCCc2nc3cc(C(=O)O)ccc3[nH]2)cc1Cl. The number of nitrogens with zero attached hydrogens (tertiary/aromatic N) is 1. The number of carboxylic acids is 1. The zero-order valence-corrected chi connectivity index (χ0v) is 14.3. The Morgan fingerprint density at radius 1 is 1.23 bits per heavy atom. The third-order valence-corrected chi connectivity index (χ3v) is 4.13. The van der Waals surface area contributed by atoms with Crippen LogP contribution in [0, 0.1) is 12.3 Å². The highest BCUT2D eigenvalue weighted by molar-refractivity contribution is 6.32. The molecular weight excluding hydrogens is 354 g/mol. The van der Waals surface area contributed by atoms with Crippen molar-refractivity contribution in [3.8, 4) is 12.3 Å². The van der Waals surface area contributed by atoms with E-state index in [1.54, 1.807) is 18.2 Å². The summed E-state index contributed by atoms with van der Waals surface area (Å²) < 4.78 is 0. The van der Waals surface area contributed by atoms with Gasteiger partial charge >= 0.3 is 5.97 Å². The fraction of sp³-hybridized carbons (Fsp3) is 0.105. The van der Waals surface area contributed by atoms with Crippen LogP contribution in [-0.2, 0) is 6.42 Å². The van der Waals surface area contributed by atoms with Crippen molar-refractivity contribution in [3.05, 3.63) is 63.9 Å². The molecule has 3 aromatic rings. The summed E-state index contributed by atoms with van der Waals surface area (Å²) in [6.07, 6.45) is 5.77. The number of carboxylic acid groups (broad SMARTS) is 1. The number of amides is 1. The van der Waals surface area contributed by atoms with Gasteiger partial charge in [0, 0.05) is 24.1 Å². The molecule has 0 bridgehead atoms. The highest BCUT2D eigenvalue weighted by atomic mass is 35.5. The van der Waals surface area contributed by atoms with Crippen LogP contribution in [0.3, 0.4) is 0 Å². The number of nitrogens with one attached hydrogen (secondary N) is 2. The van der Waals surface area contributed by atoms with Crippen LogP contribution in [0.15, 0.2) is 36.4 Å². The first-order valence-electron chi connectivity index (χ1n) is 7.74. The number of hydrogen-bond donors (Lipinski definition) is 3. The van der Waals surface area contributed by atoms with E-state index in [2.05, 4.69) is 21.2 Å². The van der Waals surface area contributed by atoms with Gasteiger partial charge in [-0.1, -0.05) is 17.5 Å². The topological polar surface area (TPSA) is 95.1 Å². The van der Waals surface area contributed by atoms with Gasteiger partial charge < -0.3 is 15.4 Å². The standard InChI is InChI=1S/C19H14ClN3O3/c1-2-11-3-4-12(9-14(11)20)18(24)21-8-7-17-22-15-6-5-13(19(25)26)10-16(15)23-17/h1,3-6,9-10H,7-8H2,(H,21,24)(H,22,23)(H,25,26). The molecule has 130 valence electrons. The summed E-state index contributed by atoms with van der Waals surface area (Å²) in [5.74, 6) is 1.83. The second-order valence-corrected chi connectivity index (χ2v) is 5.97. The smallest absolute Gasteiger partial charge is 0.335 e. The van der Waals surface area contributed by atoms with E-state index in [0.29, 0.717) is 40.5 Å². The molecule has 26 heavy (non-hydrogen) atoms. The molecule has 0 aliphatic carbocycles. The lowest BCUT2D eigenvalue weighted by Gasteiger charge is -2.05. The number of aromatic carboxylic acids is 1. The molecule has 0 aliphatic heterocycles. The van der Waals surface area contributed by atoms with Gasteiger partial charge in [0.1, 0.15) is 5.82 Å². The Morgan fingerprint density at radius 3 is 2.69 bits per heavy atom. The van der Waals surface area contributed by atoms with Gasteiger partial charge in [0.15, 0.2) is 0 Å². The normalized spacial score (nSPS) is 10.5. The molecule has 0 unspecified atom stereocenters. The molecule has 2 aromatic carbocycles. The zero-order valence-electron chi connectivity index (χ0n) is 13.5. The van der Waals surface area contributed by atoms with Crippen LogP contribution in [-0.4, -0.2) is 33.5 Å². The van der Waals surface area contributed by atoms with Crippen molar-refractivity contribution in [1.29, 1.82) is 0 Å². The van der Waals surface area contributed by atoms with Gasteiger partial charge in [-0.25, -0.2) is 9.78 Å². The Balaban J connectivity index is 1.63. The van der Waals surface area contributed by atoms with Crippen molar-refractivity contribution in [1.82, 2.24) is 15.3 Å². The summed E-state index contributed by atoms with van der Waals surface area (Å²) in [4.78, 5) is 30.6. The Labute approximate surface area is 154 Å². The fourth-order valence-electron chi connectivity index (χ4n) is 2.48. The number of rotatable bonds is 5. The number of carbonyl (C=O) groups excluding carboxylic acids is 1. The lowest BCUT2D eigenvalue weighted by Crippen LogP contribution is -2.25. The predicted octanol–water partition coefficient (Wildman–Crippen LogP) is 2.87. The number of halogens is 1. The second kappa shape index (κ2) is 7.30. The summed E-state index contributed by atoms with van der Waals surface area (Å²) >= 11 is 6.00. The average molecular weight is 368 g/mol. The van der Waals surface area contributed by atoms with Gasteiger partial charge in [0.25, 0.3) is 5.91 Å². The Kier molecular flexibility index (Phi) is 4.92. The van der Waals surface area contributed by atoms with Gasteiger partial charge in [-0.2, -0.15) is 0 Å². The van der Waals surface area contributed by atoms with E-state index in [0.717, 1.165) is 5.52 Å². The van der Waals surface area contributed by atoms with Gasteiger partial charge in [-0.05, 0) is 36.4 Å². The summed E-state index contributed by atoms with van der Waals surface area (Å²) in [6.45, 7) is 0.360. The average Bonchev–Trinajstić information content (AvgIpc) is 3.03. The van der Waals surface area contributed by atoms with Crippen molar-refractivity contribution in [2.45, 2.75) is 6.42 Å². The number of carbonyl (C=O) groups is 2. The molecule has 3 rings (SSSR count). The van der Waals surface area contributed by atoms with E-state index >= 15 is 0 Å². The first kappa shape index (κ1) is 17.5. The fourth-order valence-corrected chi connectivity index (χ4v) is 2.72. The number of benzene rings is 2. The molecule has 0 aliphatic rings. The van der Waals surface area contributed by atoms with Crippen molar-refractivity contribution < 1.29 is 14.7 Å². The molecule has 0 fully saturated rings. The molecule has 1 amide bonds. The van der Waals surface area contributed by atoms with Crippen LogP contribution < -0.4 is 5.32 Å². The Bertz CT molecular complexity index is 1050. The van der Waals surface area contributed by atoms with Crippen molar-refractivity contribution in [2.24, 2.45) is 0 Å². The number of imidazole rings is 1. The van der Waals surface area contributed by atoms with Crippen LogP contribution in [0.4, 0.5) is 0 Å². The third-order valence-electron chi connectivity index (χ3n) is 3.81. The number of H-pyrrole nitrogens is 1. The van der Waals surface area contributed by atoms with E-state index in [1.165, 1.54) is 18.2 Å². The highest BCUT2D eigenvalue weighted by Crippen LogP contribution is 2.17. The number of terminal acetylenes is 1. The minimum atomic E-state index is -1.00. The highest BCUT2D eigenvalue weighted by Gasteiger charge is 2.10. The van der Waals surface area contributed by atoms with Crippen LogP contribution in [0.25, 0.3) is 11.0 Å². The van der Waals surface area contributed by atoms with Crippen LogP contribution in [0.2, 0.25) is 5.02 Å². The first-order chi connectivity index (χ1) is 12.5. The molecule has 0 saturated carbocycles. The van der Waals surface area contributed by atoms with Gasteiger partial charge in [0.05, 0.1) is 21.6 Å². The van der Waals surface area contributed by atoms with Crippen LogP contribution in [0.5, 0.6) is 0 Å². The van der Waals surface area contributed by atoms with Gasteiger partial charge in [-0.3, -0.25) is 4.79 Å². The van der Waals surface area contributed by atoms with Crippen LogP contribution >= 0.6 is 11.6 Å². The molecule has 1 aromatic heterocycles. The van der Waals surface area contributed by atoms with Gasteiger partial charge in [0.2, 0.25) is 0 Å². The van der Waals surface area contributed by atoms with Crippen molar-refractivity contribution in [3.63, 3.8) is 0 Å². The summed E-state index contributed by atoms with van der Waals surface area (Å²) in [6, 6.07) is 9.45. The predicted molar refractivity (Wildman–Crippen MR) is 98.5 cm³/mol. The first-order valence-corrected chi connectivity index (χ1v) is 8.12. The number of hydrogen-bond acceptors (Lipinski definition) is 3. The molecule has 0 spiro atoms. The monoisotopic (exact) mass is 367 g/mol. The Morgan fingerprint density at radius 2 is 2.00 bits per heavy atom. The molecule has 0 atom stereocenters. The molecule has 6 nitrogen and oxygen atoms in total. The number of fused-ring (bicyclic) bond motifs is 1.